The molecule has 1 amide bonds. The minimum absolute atomic E-state index is 0.123. The molecule has 7 nitrogen and oxygen atoms in total. The summed E-state index contributed by atoms with van der Waals surface area (Å²) in [5.74, 6) is 0.117. The Morgan fingerprint density at radius 2 is 2.00 bits per heavy atom. The molecule has 1 atom stereocenters. The summed E-state index contributed by atoms with van der Waals surface area (Å²) >= 11 is 0. The number of carboxylic acid groups (broad SMARTS) is 1. The van der Waals surface area contributed by atoms with Gasteiger partial charge in [0.25, 0.3) is 0 Å². The lowest BCUT2D eigenvalue weighted by atomic mass is 9.99. The number of imidazole rings is 1. The summed E-state index contributed by atoms with van der Waals surface area (Å²) in [4.78, 5) is 27.7. The lowest BCUT2D eigenvalue weighted by molar-refractivity contribution is 0.0521. The molecule has 7 heteroatoms. The van der Waals surface area contributed by atoms with Crippen LogP contribution < -0.4 is 5.32 Å². The molecule has 0 saturated heterocycles. The van der Waals surface area contributed by atoms with Crippen LogP contribution in [0, 0.1) is 0 Å². The molecule has 2 N–H and O–H groups in total. The van der Waals surface area contributed by atoms with Crippen LogP contribution in [0.1, 0.15) is 55.7 Å². The Balaban J connectivity index is 1.72. The van der Waals surface area contributed by atoms with Crippen LogP contribution in [-0.4, -0.2) is 38.9 Å². The number of amides is 1. The fraction of sp³-hybridized carbons (Fsp3) is 0.450. The van der Waals surface area contributed by atoms with E-state index < -0.39 is 17.7 Å². The Kier molecular flexibility index (Phi) is 5.21. The van der Waals surface area contributed by atoms with Crippen LogP contribution in [0.4, 0.5) is 4.79 Å². The number of rotatable bonds is 4. The monoisotopic (exact) mass is 371 g/mol. The van der Waals surface area contributed by atoms with Crippen molar-refractivity contribution in [2.75, 3.05) is 6.54 Å². The molecule has 0 aliphatic carbocycles. The topological polar surface area (TPSA) is 93.5 Å². The number of nitrogens with one attached hydrogen (secondary N) is 1. The molecule has 0 spiro atoms. The van der Waals surface area contributed by atoms with Crippen molar-refractivity contribution in [1.82, 2.24) is 14.9 Å². The SMILES string of the molecule is CC(C)(C)OC(=O)NCC1CCCn2cc(-c3ccc(C(=O)O)cc3)nc21. The molecule has 2 heterocycles. The second kappa shape index (κ2) is 7.42. The largest absolute Gasteiger partial charge is 0.478 e. The number of carboxylic acids is 1. The predicted octanol–water partition coefficient (Wildman–Crippen LogP) is 3.65. The van der Waals surface area contributed by atoms with E-state index in [1.54, 1.807) is 24.3 Å². The summed E-state index contributed by atoms with van der Waals surface area (Å²) in [6, 6.07) is 6.70. The first kappa shape index (κ1) is 18.9. The number of nitrogens with zero attached hydrogens (tertiary/aromatic N) is 2. The molecule has 1 aromatic carbocycles. The van der Waals surface area contributed by atoms with E-state index in [2.05, 4.69) is 9.88 Å². The predicted molar refractivity (Wildman–Crippen MR) is 101 cm³/mol. The normalized spacial score (nSPS) is 16.5. The van der Waals surface area contributed by atoms with Crippen LogP contribution in [0.2, 0.25) is 0 Å². The highest BCUT2D eigenvalue weighted by Gasteiger charge is 2.25. The van der Waals surface area contributed by atoms with Crippen LogP contribution in [0.25, 0.3) is 11.3 Å². The first-order chi connectivity index (χ1) is 12.7. The number of fused-ring (bicyclic) bond motifs is 1. The van der Waals surface area contributed by atoms with Crippen LogP contribution in [0.3, 0.4) is 0 Å². The average Bonchev–Trinajstić information content (AvgIpc) is 3.03. The molecule has 3 rings (SSSR count). The van der Waals surface area contributed by atoms with Gasteiger partial charge in [-0.05, 0) is 45.7 Å². The van der Waals surface area contributed by atoms with E-state index >= 15 is 0 Å². The number of ether oxygens (including phenoxy) is 1. The molecule has 1 aromatic heterocycles. The molecular formula is C20H25N3O4. The Morgan fingerprint density at radius 1 is 1.30 bits per heavy atom. The fourth-order valence-electron chi connectivity index (χ4n) is 3.21. The van der Waals surface area contributed by atoms with Gasteiger partial charge in [0, 0.05) is 30.8 Å². The third kappa shape index (κ3) is 4.67. The van der Waals surface area contributed by atoms with Crippen molar-refractivity contribution in [3.05, 3.63) is 41.9 Å². The number of carbonyl (C=O) groups excluding carboxylic acids is 1. The Labute approximate surface area is 158 Å². The standard InChI is InChI=1S/C20H25N3O4/c1-20(2,3)27-19(26)21-11-15-5-4-10-23-12-16(22-17(15)23)13-6-8-14(9-7-13)18(24)25/h6-9,12,15H,4-5,10-11H2,1-3H3,(H,21,26)(H,24,25). The lowest BCUT2D eigenvalue weighted by Gasteiger charge is -2.25. The number of carbonyl (C=O) groups is 2. The smallest absolute Gasteiger partial charge is 0.407 e. The van der Waals surface area contributed by atoms with E-state index in [1.165, 1.54) is 0 Å². The lowest BCUT2D eigenvalue weighted by Crippen LogP contribution is -2.36. The third-order valence-corrected chi connectivity index (χ3v) is 4.44. The summed E-state index contributed by atoms with van der Waals surface area (Å²) < 4.78 is 7.41. The fourth-order valence-corrected chi connectivity index (χ4v) is 3.21. The highest BCUT2D eigenvalue weighted by Crippen LogP contribution is 2.29. The minimum Gasteiger partial charge on any atom is -0.478 e. The van der Waals surface area contributed by atoms with Crippen molar-refractivity contribution in [2.45, 2.75) is 51.7 Å². The molecule has 1 aliphatic rings. The Morgan fingerprint density at radius 3 is 2.63 bits per heavy atom. The zero-order valence-corrected chi connectivity index (χ0v) is 15.9. The molecular weight excluding hydrogens is 346 g/mol. The van der Waals surface area contributed by atoms with Crippen molar-refractivity contribution in [1.29, 1.82) is 0 Å². The van der Waals surface area contributed by atoms with Gasteiger partial charge in [-0.1, -0.05) is 12.1 Å². The van der Waals surface area contributed by atoms with Gasteiger partial charge in [-0.25, -0.2) is 14.6 Å². The number of hydrogen-bond donors (Lipinski definition) is 2. The van der Waals surface area contributed by atoms with Gasteiger partial charge in [0.15, 0.2) is 0 Å². The van der Waals surface area contributed by atoms with Gasteiger partial charge >= 0.3 is 12.1 Å². The van der Waals surface area contributed by atoms with E-state index in [4.69, 9.17) is 14.8 Å². The molecule has 0 bridgehead atoms. The maximum Gasteiger partial charge on any atom is 0.407 e. The van der Waals surface area contributed by atoms with Gasteiger partial charge in [-0.3, -0.25) is 0 Å². The minimum atomic E-state index is -0.945. The van der Waals surface area contributed by atoms with Crippen LogP contribution in [-0.2, 0) is 11.3 Å². The van der Waals surface area contributed by atoms with Crippen LogP contribution in [0.5, 0.6) is 0 Å². The maximum absolute atomic E-state index is 11.9. The first-order valence-corrected chi connectivity index (χ1v) is 9.10. The van der Waals surface area contributed by atoms with Gasteiger partial charge in [-0.2, -0.15) is 0 Å². The Hall–Kier alpha value is -2.83. The average molecular weight is 371 g/mol. The molecule has 0 fully saturated rings. The molecule has 0 saturated carbocycles. The molecule has 1 aliphatic heterocycles. The number of aromatic nitrogens is 2. The van der Waals surface area contributed by atoms with Gasteiger partial charge in [0.2, 0.25) is 0 Å². The number of alkyl carbamates (subject to hydrolysis) is 1. The molecule has 27 heavy (non-hydrogen) atoms. The summed E-state index contributed by atoms with van der Waals surface area (Å²) in [6.07, 6.45) is 3.53. The van der Waals surface area contributed by atoms with Crippen molar-refractivity contribution in [2.24, 2.45) is 0 Å². The van der Waals surface area contributed by atoms with Gasteiger partial charge in [0.05, 0.1) is 11.3 Å². The van der Waals surface area contributed by atoms with Crippen molar-refractivity contribution in [3.63, 3.8) is 0 Å². The van der Waals surface area contributed by atoms with E-state index in [1.807, 2.05) is 27.0 Å². The number of aryl methyl sites for hydroxylation is 1. The Bertz CT molecular complexity index is 834. The van der Waals surface area contributed by atoms with E-state index in [0.717, 1.165) is 36.5 Å². The van der Waals surface area contributed by atoms with Gasteiger partial charge in [-0.15, -0.1) is 0 Å². The second-order valence-electron chi connectivity index (χ2n) is 7.78. The highest BCUT2D eigenvalue weighted by atomic mass is 16.6. The first-order valence-electron chi connectivity index (χ1n) is 9.10. The third-order valence-electron chi connectivity index (χ3n) is 4.44. The van der Waals surface area contributed by atoms with Gasteiger partial charge < -0.3 is 19.7 Å². The summed E-state index contributed by atoms with van der Waals surface area (Å²) in [5, 5.41) is 11.9. The zero-order valence-electron chi connectivity index (χ0n) is 15.9. The number of aromatic carboxylic acids is 1. The maximum atomic E-state index is 11.9. The quantitative estimate of drug-likeness (QED) is 0.856. The van der Waals surface area contributed by atoms with Crippen LogP contribution >= 0.6 is 0 Å². The number of benzene rings is 1. The van der Waals surface area contributed by atoms with Crippen LogP contribution in [0.15, 0.2) is 30.5 Å². The number of hydrogen-bond acceptors (Lipinski definition) is 4. The second-order valence-corrected chi connectivity index (χ2v) is 7.78. The molecule has 2 aromatic rings. The van der Waals surface area contributed by atoms with Crippen molar-refractivity contribution < 1.29 is 19.4 Å². The zero-order chi connectivity index (χ0) is 19.6. The van der Waals surface area contributed by atoms with Crippen molar-refractivity contribution >= 4 is 12.1 Å². The van der Waals surface area contributed by atoms with E-state index in [0.29, 0.717) is 6.54 Å². The summed E-state index contributed by atoms with van der Waals surface area (Å²) in [7, 11) is 0. The van der Waals surface area contributed by atoms with Crippen molar-refractivity contribution in [3.8, 4) is 11.3 Å². The van der Waals surface area contributed by atoms with Gasteiger partial charge in [0.1, 0.15) is 11.4 Å². The van der Waals surface area contributed by atoms with E-state index in [9.17, 15) is 9.59 Å². The summed E-state index contributed by atoms with van der Waals surface area (Å²) in [5.41, 5.74) is 1.42. The highest BCUT2D eigenvalue weighted by molar-refractivity contribution is 5.88. The van der Waals surface area contributed by atoms with E-state index in [-0.39, 0.29) is 11.5 Å². The molecule has 144 valence electrons. The molecule has 1 unspecified atom stereocenters. The molecule has 0 radical (unpaired) electrons. The summed E-state index contributed by atoms with van der Waals surface area (Å²) in [6.45, 7) is 6.87.